The van der Waals surface area contributed by atoms with Gasteiger partial charge in [-0.15, -0.1) is 11.3 Å². The van der Waals surface area contributed by atoms with Gasteiger partial charge in [0.1, 0.15) is 15.7 Å². The summed E-state index contributed by atoms with van der Waals surface area (Å²) in [6.45, 7) is 3.27. The fraction of sp³-hybridized carbons (Fsp3) is 0.500. The molecule has 0 bridgehead atoms. The molecule has 1 fully saturated rings. The number of allylic oxidation sites excluding steroid dienone is 1. The molecule has 0 aliphatic carbocycles. The van der Waals surface area contributed by atoms with Crippen LogP contribution in [-0.4, -0.2) is 55.0 Å². The van der Waals surface area contributed by atoms with E-state index < -0.39 is 5.97 Å². The average Bonchev–Trinajstić information content (AvgIpc) is 3.29. The Morgan fingerprint density at radius 3 is 2.85 bits per heavy atom. The lowest BCUT2D eigenvalue weighted by Crippen LogP contribution is -2.55. The van der Waals surface area contributed by atoms with Gasteiger partial charge in [0.05, 0.1) is 17.1 Å². The number of nitrogens with zero attached hydrogens (tertiary/aromatic N) is 2. The van der Waals surface area contributed by atoms with Crippen LogP contribution in [0, 0.1) is 0 Å². The van der Waals surface area contributed by atoms with E-state index in [0.29, 0.717) is 41.7 Å². The minimum atomic E-state index is -0.923. The van der Waals surface area contributed by atoms with Crippen molar-refractivity contribution in [3.63, 3.8) is 0 Å². The third kappa shape index (κ3) is 4.34. The molecular weight excluding hydrogens is 390 g/mol. The molecule has 2 aliphatic rings. The van der Waals surface area contributed by atoms with Gasteiger partial charge in [0.25, 0.3) is 5.91 Å². The largest absolute Gasteiger partial charge is 0.477 e. The van der Waals surface area contributed by atoms with E-state index in [1.165, 1.54) is 11.3 Å². The Labute approximate surface area is 166 Å². The SMILES string of the molecule is CCC1=C(Cl)N=C(C(=O)N[C@@H]2CCN(c3ccc(C(=O)O)s3)C[C@@H]2OC)C1. The van der Waals surface area contributed by atoms with Gasteiger partial charge < -0.3 is 20.1 Å². The smallest absolute Gasteiger partial charge is 0.345 e. The number of amides is 1. The maximum absolute atomic E-state index is 12.6. The lowest BCUT2D eigenvalue weighted by Gasteiger charge is -2.38. The van der Waals surface area contributed by atoms with Crippen molar-refractivity contribution in [1.82, 2.24) is 5.32 Å². The molecule has 1 aromatic rings. The van der Waals surface area contributed by atoms with Gasteiger partial charge in [0.15, 0.2) is 0 Å². The first-order valence-corrected chi connectivity index (χ1v) is 9.99. The second-order valence-electron chi connectivity index (χ2n) is 6.52. The van der Waals surface area contributed by atoms with Crippen LogP contribution in [0.4, 0.5) is 5.00 Å². The van der Waals surface area contributed by atoms with Gasteiger partial charge in [-0.25, -0.2) is 9.79 Å². The number of carboxylic acids is 1. The molecule has 2 aliphatic heterocycles. The Morgan fingerprint density at radius 2 is 2.26 bits per heavy atom. The zero-order valence-electron chi connectivity index (χ0n) is 15.2. The predicted molar refractivity (Wildman–Crippen MR) is 106 cm³/mol. The standard InChI is InChI=1S/C18H22ClN3O4S/c1-3-10-8-12(20-16(10)19)17(23)21-11-6-7-22(9-13(11)26-2)15-5-4-14(27-15)18(24)25/h4-5,11,13H,3,6-9H2,1-2H3,(H,21,23)(H,24,25)/t11-,13+/m1/s1. The first kappa shape index (κ1) is 19.9. The second kappa shape index (κ2) is 8.41. The number of anilines is 1. The lowest BCUT2D eigenvalue weighted by atomic mass is 10.0. The number of hydrogen-bond acceptors (Lipinski definition) is 6. The van der Waals surface area contributed by atoms with E-state index >= 15 is 0 Å². The number of nitrogens with one attached hydrogen (secondary N) is 1. The van der Waals surface area contributed by atoms with Crippen molar-refractivity contribution in [3.05, 3.63) is 27.7 Å². The maximum atomic E-state index is 12.6. The molecule has 2 N–H and O–H groups in total. The topological polar surface area (TPSA) is 91.2 Å². The number of piperidine rings is 1. The van der Waals surface area contributed by atoms with Crippen molar-refractivity contribution in [1.29, 1.82) is 0 Å². The number of halogens is 1. The summed E-state index contributed by atoms with van der Waals surface area (Å²) in [5.41, 5.74) is 1.42. The van der Waals surface area contributed by atoms with E-state index in [-0.39, 0.29) is 18.1 Å². The number of aliphatic imine (C=N–C) groups is 1. The van der Waals surface area contributed by atoms with Crippen LogP contribution in [0.15, 0.2) is 27.9 Å². The van der Waals surface area contributed by atoms with Crippen LogP contribution in [-0.2, 0) is 9.53 Å². The predicted octanol–water partition coefficient (Wildman–Crippen LogP) is 2.86. The van der Waals surface area contributed by atoms with Crippen molar-refractivity contribution in [3.8, 4) is 0 Å². The van der Waals surface area contributed by atoms with E-state index in [1.807, 2.05) is 13.0 Å². The van der Waals surface area contributed by atoms with Crippen molar-refractivity contribution >= 4 is 45.5 Å². The molecule has 27 heavy (non-hydrogen) atoms. The summed E-state index contributed by atoms with van der Waals surface area (Å²) in [5.74, 6) is -1.13. The summed E-state index contributed by atoms with van der Waals surface area (Å²) in [6.07, 6.45) is 1.76. The maximum Gasteiger partial charge on any atom is 0.345 e. The third-order valence-electron chi connectivity index (χ3n) is 4.89. The molecule has 7 nitrogen and oxygen atoms in total. The number of hydrogen-bond donors (Lipinski definition) is 2. The second-order valence-corrected chi connectivity index (χ2v) is 7.94. The Morgan fingerprint density at radius 1 is 1.48 bits per heavy atom. The summed E-state index contributed by atoms with van der Waals surface area (Å²) in [5, 5.41) is 13.4. The molecule has 0 spiro atoms. The molecule has 1 saturated heterocycles. The summed E-state index contributed by atoms with van der Waals surface area (Å²) in [4.78, 5) is 30.2. The summed E-state index contributed by atoms with van der Waals surface area (Å²) >= 11 is 7.31. The van der Waals surface area contributed by atoms with E-state index in [2.05, 4.69) is 15.2 Å². The fourth-order valence-corrected chi connectivity index (χ4v) is 4.48. The number of thiophene rings is 1. The van der Waals surface area contributed by atoms with Gasteiger partial charge in [-0.05, 0) is 30.5 Å². The number of aromatic carboxylic acids is 1. The average molecular weight is 412 g/mol. The summed E-state index contributed by atoms with van der Waals surface area (Å²) in [7, 11) is 1.62. The quantitative estimate of drug-likeness (QED) is 0.702. The first-order valence-electron chi connectivity index (χ1n) is 8.79. The van der Waals surface area contributed by atoms with Crippen LogP contribution in [0.5, 0.6) is 0 Å². The molecule has 0 unspecified atom stereocenters. The van der Waals surface area contributed by atoms with E-state index in [1.54, 1.807) is 13.2 Å². The first-order chi connectivity index (χ1) is 12.9. The zero-order valence-corrected chi connectivity index (χ0v) is 16.8. The summed E-state index contributed by atoms with van der Waals surface area (Å²) in [6, 6.07) is 3.29. The fourth-order valence-electron chi connectivity index (χ4n) is 3.30. The molecular formula is C18H22ClN3O4S. The van der Waals surface area contributed by atoms with Crippen LogP contribution in [0.2, 0.25) is 0 Å². The molecule has 0 aromatic carbocycles. The zero-order chi connectivity index (χ0) is 19.6. The third-order valence-corrected chi connectivity index (χ3v) is 6.37. The highest BCUT2D eigenvalue weighted by molar-refractivity contribution is 7.17. The lowest BCUT2D eigenvalue weighted by molar-refractivity contribution is -0.116. The van der Waals surface area contributed by atoms with E-state index in [0.717, 1.165) is 17.0 Å². The molecule has 1 aromatic heterocycles. The highest BCUT2D eigenvalue weighted by Gasteiger charge is 2.33. The number of carbonyl (C=O) groups excluding carboxylic acids is 1. The molecule has 1 amide bonds. The Balaban J connectivity index is 1.61. The number of ether oxygens (including phenoxy) is 1. The van der Waals surface area contributed by atoms with Crippen LogP contribution in [0.3, 0.4) is 0 Å². The summed E-state index contributed by atoms with van der Waals surface area (Å²) < 4.78 is 5.59. The van der Waals surface area contributed by atoms with Gasteiger partial charge in [-0.1, -0.05) is 18.5 Å². The number of methoxy groups -OCH3 is 1. The van der Waals surface area contributed by atoms with Gasteiger partial charge in [0, 0.05) is 26.6 Å². The highest BCUT2D eigenvalue weighted by atomic mass is 35.5. The van der Waals surface area contributed by atoms with Gasteiger partial charge >= 0.3 is 5.97 Å². The Kier molecular flexibility index (Phi) is 6.18. The van der Waals surface area contributed by atoms with Crippen LogP contribution in [0.1, 0.15) is 35.9 Å². The minimum Gasteiger partial charge on any atom is -0.477 e. The van der Waals surface area contributed by atoms with Crippen LogP contribution >= 0.6 is 22.9 Å². The minimum absolute atomic E-state index is 0.134. The molecule has 3 rings (SSSR count). The molecule has 0 saturated carbocycles. The molecule has 146 valence electrons. The Bertz CT molecular complexity index is 804. The van der Waals surface area contributed by atoms with E-state index in [9.17, 15) is 9.59 Å². The van der Waals surface area contributed by atoms with Crippen molar-refractivity contribution in [2.45, 2.75) is 38.3 Å². The van der Waals surface area contributed by atoms with Crippen LogP contribution < -0.4 is 10.2 Å². The molecule has 2 atom stereocenters. The monoisotopic (exact) mass is 411 g/mol. The molecule has 3 heterocycles. The number of rotatable bonds is 6. The van der Waals surface area contributed by atoms with Gasteiger partial charge in [0.2, 0.25) is 0 Å². The van der Waals surface area contributed by atoms with Crippen molar-refractivity contribution < 1.29 is 19.4 Å². The normalized spacial score (nSPS) is 22.8. The van der Waals surface area contributed by atoms with E-state index in [4.69, 9.17) is 21.4 Å². The van der Waals surface area contributed by atoms with Crippen molar-refractivity contribution in [2.24, 2.45) is 4.99 Å². The van der Waals surface area contributed by atoms with Crippen LogP contribution in [0.25, 0.3) is 0 Å². The molecule has 0 radical (unpaired) electrons. The Hall–Kier alpha value is -1.90. The van der Waals surface area contributed by atoms with Gasteiger partial charge in [-0.3, -0.25) is 4.79 Å². The highest BCUT2D eigenvalue weighted by Crippen LogP contribution is 2.30. The van der Waals surface area contributed by atoms with Crippen molar-refractivity contribution in [2.75, 3.05) is 25.1 Å². The number of carboxylic acid groups (broad SMARTS) is 1. The number of carbonyl (C=O) groups is 2. The van der Waals surface area contributed by atoms with Gasteiger partial charge in [-0.2, -0.15) is 0 Å². The molecule has 9 heteroatoms.